The summed E-state index contributed by atoms with van der Waals surface area (Å²) in [7, 11) is 0. The van der Waals surface area contributed by atoms with Crippen molar-refractivity contribution in [1.82, 2.24) is 5.32 Å². The molecule has 0 aromatic rings. The third-order valence-electron chi connectivity index (χ3n) is 1.49. The first kappa shape index (κ1) is 11.4. The fourth-order valence-corrected chi connectivity index (χ4v) is 0.686. The summed E-state index contributed by atoms with van der Waals surface area (Å²) in [4.78, 5) is 21.3. The van der Waals surface area contributed by atoms with Gasteiger partial charge in [-0.15, -0.1) is 0 Å². The van der Waals surface area contributed by atoms with Gasteiger partial charge >= 0.3 is 0 Å². The summed E-state index contributed by atoms with van der Waals surface area (Å²) in [6, 6.07) is 1.81. The highest BCUT2D eigenvalue weighted by atomic mass is 16.2. The second-order valence-corrected chi connectivity index (χ2v) is 2.71. The summed E-state index contributed by atoms with van der Waals surface area (Å²) in [6.07, 6.45) is 0.764. The Labute approximate surface area is 76.9 Å². The van der Waals surface area contributed by atoms with Crippen LogP contribution in [-0.4, -0.2) is 18.4 Å². The van der Waals surface area contributed by atoms with Crippen molar-refractivity contribution in [3.63, 3.8) is 0 Å². The largest absolute Gasteiger partial charge is 0.370 e. The Bertz CT molecular complexity index is 232. The van der Waals surface area contributed by atoms with Crippen molar-refractivity contribution in [2.75, 3.05) is 6.54 Å². The Morgan fingerprint density at radius 3 is 2.69 bits per heavy atom. The molecule has 0 radical (unpaired) electrons. The van der Waals surface area contributed by atoms with Crippen molar-refractivity contribution in [3.8, 4) is 6.07 Å². The van der Waals surface area contributed by atoms with Gasteiger partial charge < -0.3 is 11.1 Å². The van der Waals surface area contributed by atoms with Gasteiger partial charge in [-0.05, 0) is 13.3 Å². The predicted molar refractivity (Wildman–Crippen MR) is 46.2 cm³/mol. The lowest BCUT2D eigenvalue weighted by Gasteiger charge is -2.04. The van der Waals surface area contributed by atoms with Gasteiger partial charge in [0.15, 0.2) is 0 Å². The van der Waals surface area contributed by atoms with Crippen molar-refractivity contribution in [1.29, 1.82) is 5.26 Å². The van der Waals surface area contributed by atoms with Crippen molar-refractivity contribution in [3.05, 3.63) is 0 Å². The van der Waals surface area contributed by atoms with Gasteiger partial charge in [-0.1, -0.05) is 0 Å². The van der Waals surface area contributed by atoms with E-state index < -0.39 is 5.92 Å². The molecule has 5 nitrogen and oxygen atoms in total. The van der Waals surface area contributed by atoms with E-state index in [0.717, 1.165) is 0 Å². The van der Waals surface area contributed by atoms with Crippen LogP contribution in [0.4, 0.5) is 0 Å². The average Bonchev–Trinajstić information content (AvgIpc) is 2.10. The molecule has 1 unspecified atom stereocenters. The number of nitrogens with zero attached hydrogens (tertiary/aromatic N) is 1. The first-order valence-corrected chi connectivity index (χ1v) is 4.03. The monoisotopic (exact) mass is 183 g/mol. The highest BCUT2D eigenvalue weighted by molar-refractivity contribution is 5.80. The number of amides is 2. The molecule has 0 fully saturated rings. The third kappa shape index (κ3) is 5.67. The summed E-state index contributed by atoms with van der Waals surface area (Å²) in [5.41, 5.74) is 4.89. The zero-order valence-electron chi connectivity index (χ0n) is 7.54. The minimum absolute atomic E-state index is 0.251. The smallest absolute Gasteiger partial charge is 0.237 e. The van der Waals surface area contributed by atoms with Crippen LogP contribution in [0, 0.1) is 17.2 Å². The number of hydrogen-bond acceptors (Lipinski definition) is 3. The lowest BCUT2D eigenvalue weighted by molar-refractivity contribution is -0.123. The van der Waals surface area contributed by atoms with E-state index in [1.54, 1.807) is 0 Å². The summed E-state index contributed by atoms with van der Waals surface area (Å²) in [6.45, 7) is 1.90. The molecule has 0 saturated carbocycles. The third-order valence-corrected chi connectivity index (χ3v) is 1.49. The normalized spacial score (nSPS) is 11.4. The summed E-state index contributed by atoms with van der Waals surface area (Å²) >= 11 is 0. The number of carbonyl (C=O) groups is 2. The van der Waals surface area contributed by atoms with E-state index in [4.69, 9.17) is 11.0 Å². The van der Waals surface area contributed by atoms with Crippen LogP contribution in [0.25, 0.3) is 0 Å². The lowest BCUT2D eigenvalue weighted by atomic mass is 10.2. The second kappa shape index (κ2) is 6.00. The SMILES string of the molecule is CC(C#N)C(=O)NCCCC(N)=O. The Hall–Kier alpha value is -1.57. The maximum atomic E-state index is 11.0. The molecule has 0 aromatic carbocycles. The van der Waals surface area contributed by atoms with Gasteiger partial charge in [-0.25, -0.2) is 0 Å². The maximum absolute atomic E-state index is 11.0. The van der Waals surface area contributed by atoms with Crippen LogP contribution in [0.3, 0.4) is 0 Å². The quantitative estimate of drug-likeness (QED) is 0.564. The van der Waals surface area contributed by atoms with E-state index in [-0.39, 0.29) is 18.2 Å². The first-order chi connectivity index (χ1) is 6.07. The van der Waals surface area contributed by atoms with Crippen molar-refractivity contribution >= 4 is 11.8 Å². The van der Waals surface area contributed by atoms with Gasteiger partial charge in [-0.3, -0.25) is 9.59 Å². The molecule has 0 aliphatic heterocycles. The van der Waals surface area contributed by atoms with Gasteiger partial charge in [0.1, 0.15) is 5.92 Å². The second-order valence-electron chi connectivity index (χ2n) is 2.71. The van der Waals surface area contributed by atoms with Crippen LogP contribution in [-0.2, 0) is 9.59 Å². The predicted octanol–water partition coefficient (Wildman–Crippen LogP) is -0.472. The van der Waals surface area contributed by atoms with Gasteiger partial charge in [-0.2, -0.15) is 5.26 Å². The van der Waals surface area contributed by atoms with Crippen molar-refractivity contribution in [2.45, 2.75) is 19.8 Å². The van der Waals surface area contributed by atoms with E-state index in [0.29, 0.717) is 13.0 Å². The van der Waals surface area contributed by atoms with Crippen LogP contribution in [0.1, 0.15) is 19.8 Å². The Kier molecular flexibility index (Phi) is 5.28. The molecular weight excluding hydrogens is 170 g/mol. The van der Waals surface area contributed by atoms with E-state index in [9.17, 15) is 9.59 Å². The van der Waals surface area contributed by atoms with Gasteiger partial charge in [0.2, 0.25) is 11.8 Å². The van der Waals surface area contributed by atoms with Crippen LogP contribution < -0.4 is 11.1 Å². The number of hydrogen-bond donors (Lipinski definition) is 2. The molecule has 0 rings (SSSR count). The minimum Gasteiger partial charge on any atom is -0.370 e. The summed E-state index contributed by atoms with van der Waals surface area (Å²) < 4.78 is 0. The average molecular weight is 183 g/mol. The fraction of sp³-hybridized carbons (Fsp3) is 0.625. The zero-order valence-corrected chi connectivity index (χ0v) is 7.54. The van der Waals surface area contributed by atoms with Gasteiger partial charge in [0.05, 0.1) is 6.07 Å². The first-order valence-electron chi connectivity index (χ1n) is 4.03. The minimum atomic E-state index is -0.645. The Morgan fingerprint density at radius 2 is 2.23 bits per heavy atom. The summed E-state index contributed by atoms with van der Waals surface area (Å²) in [5, 5.41) is 10.9. The summed E-state index contributed by atoms with van der Waals surface area (Å²) in [5.74, 6) is -1.34. The van der Waals surface area contributed by atoms with Crippen molar-refractivity contribution < 1.29 is 9.59 Å². The molecule has 0 aliphatic carbocycles. The number of nitrogens with two attached hydrogens (primary N) is 1. The number of nitriles is 1. The molecule has 1 atom stereocenters. The van der Waals surface area contributed by atoms with Crippen LogP contribution >= 0.6 is 0 Å². The highest BCUT2D eigenvalue weighted by Gasteiger charge is 2.09. The van der Waals surface area contributed by atoms with E-state index in [2.05, 4.69) is 5.32 Å². The van der Waals surface area contributed by atoms with Gasteiger partial charge in [0, 0.05) is 13.0 Å². The van der Waals surface area contributed by atoms with Crippen LogP contribution in [0.5, 0.6) is 0 Å². The molecule has 2 amide bonds. The molecule has 0 bridgehead atoms. The van der Waals surface area contributed by atoms with Crippen LogP contribution in [0.2, 0.25) is 0 Å². The van der Waals surface area contributed by atoms with Gasteiger partial charge in [0.25, 0.3) is 0 Å². The Morgan fingerprint density at radius 1 is 1.62 bits per heavy atom. The molecule has 0 aromatic heterocycles. The molecule has 13 heavy (non-hydrogen) atoms. The molecule has 0 saturated heterocycles. The highest BCUT2D eigenvalue weighted by Crippen LogP contribution is 1.91. The number of primary amides is 1. The fourth-order valence-electron chi connectivity index (χ4n) is 0.686. The zero-order chi connectivity index (χ0) is 10.3. The lowest BCUT2D eigenvalue weighted by Crippen LogP contribution is -2.29. The van der Waals surface area contributed by atoms with E-state index in [1.807, 2.05) is 6.07 Å². The standard InChI is InChI=1S/C8H13N3O2/c1-6(5-9)8(13)11-4-2-3-7(10)12/h6H,2-4H2,1H3,(H2,10,12)(H,11,13). The van der Waals surface area contributed by atoms with E-state index >= 15 is 0 Å². The Balaban J connectivity index is 3.50. The molecule has 0 spiro atoms. The van der Waals surface area contributed by atoms with Crippen molar-refractivity contribution in [2.24, 2.45) is 11.7 Å². The maximum Gasteiger partial charge on any atom is 0.237 e. The molecule has 0 aliphatic rings. The molecule has 3 N–H and O–H groups in total. The topological polar surface area (TPSA) is 96.0 Å². The van der Waals surface area contributed by atoms with Crippen LogP contribution in [0.15, 0.2) is 0 Å². The molecular formula is C8H13N3O2. The molecule has 5 heteroatoms. The van der Waals surface area contributed by atoms with E-state index in [1.165, 1.54) is 6.92 Å². The number of rotatable bonds is 5. The molecule has 72 valence electrons. The number of carbonyl (C=O) groups excluding carboxylic acids is 2. The number of nitrogens with one attached hydrogen (secondary N) is 1. The molecule has 0 heterocycles.